The topological polar surface area (TPSA) is 52.6 Å². The molecule has 1 unspecified atom stereocenters. The first-order valence-electron chi connectivity index (χ1n) is 5.76. The number of aryl methyl sites for hydroxylation is 1. The van der Waals surface area contributed by atoms with Crippen molar-refractivity contribution < 1.29 is 17.9 Å². The van der Waals surface area contributed by atoms with Crippen LogP contribution in [0.2, 0.25) is 0 Å². The van der Waals surface area contributed by atoms with E-state index in [0.717, 1.165) is 25.0 Å². The maximum atomic E-state index is 11.5. The van der Waals surface area contributed by atoms with Gasteiger partial charge in [0.1, 0.15) is 17.3 Å². The van der Waals surface area contributed by atoms with Crippen LogP contribution < -0.4 is 4.74 Å². The van der Waals surface area contributed by atoms with Crippen LogP contribution >= 0.6 is 10.7 Å². The average Bonchev–Trinajstić information content (AvgIpc) is 2.79. The van der Waals surface area contributed by atoms with Gasteiger partial charge in [0.25, 0.3) is 9.05 Å². The van der Waals surface area contributed by atoms with Crippen molar-refractivity contribution in [3.8, 4) is 5.75 Å². The molecule has 0 N–H and O–H groups in total. The summed E-state index contributed by atoms with van der Waals surface area (Å²) in [6.45, 7) is 2.89. The fraction of sp³-hybridized carbons (Fsp3) is 0.500. The van der Waals surface area contributed by atoms with Gasteiger partial charge in [-0.3, -0.25) is 0 Å². The molecule has 18 heavy (non-hydrogen) atoms. The van der Waals surface area contributed by atoms with Crippen molar-refractivity contribution in [1.29, 1.82) is 0 Å². The van der Waals surface area contributed by atoms with E-state index in [1.807, 2.05) is 0 Å². The SMILES string of the molecule is Cc1ccc(OCC2CCCO2)c(S(=O)(=O)Cl)c1. The second kappa shape index (κ2) is 5.47. The molecule has 0 aliphatic carbocycles. The Hall–Kier alpha value is -0.780. The molecule has 2 rings (SSSR count). The third-order valence-electron chi connectivity index (χ3n) is 2.81. The standard InChI is InChI=1S/C12H15ClO4S/c1-9-4-5-11(12(7-9)18(13,14)15)17-8-10-3-2-6-16-10/h4-5,7,10H,2-3,6,8H2,1H3. The summed E-state index contributed by atoms with van der Waals surface area (Å²) in [5.41, 5.74) is 0.818. The number of benzene rings is 1. The molecular formula is C12H15ClO4S. The molecular weight excluding hydrogens is 276 g/mol. The number of halogens is 1. The van der Waals surface area contributed by atoms with Crippen molar-refractivity contribution in [1.82, 2.24) is 0 Å². The average molecular weight is 291 g/mol. The van der Waals surface area contributed by atoms with Gasteiger partial charge in [-0.15, -0.1) is 0 Å². The van der Waals surface area contributed by atoms with E-state index in [9.17, 15) is 8.42 Å². The van der Waals surface area contributed by atoms with Crippen molar-refractivity contribution in [2.24, 2.45) is 0 Å². The highest BCUT2D eigenvalue weighted by Crippen LogP contribution is 2.28. The number of ether oxygens (including phenoxy) is 2. The van der Waals surface area contributed by atoms with Crippen LogP contribution in [0.1, 0.15) is 18.4 Å². The fourth-order valence-corrected chi connectivity index (χ4v) is 2.94. The van der Waals surface area contributed by atoms with Gasteiger partial charge in [-0.25, -0.2) is 8.42 Å². The second-order valence-corrected chi connectivity index (χ2v) is 6.87. The van der Waals surface area contributed by atoms with Gasteiger partial charge in [0.15, 0.2) is 0 Å². The number of hydrogen-bond acceptors (Lipinski definition) is 4. The van der Waals surface area contributed by atoms with Crippen molar-refractivity contribution >= 4 is 19.7 Å². The summed E-state index contributed by atoms with van der Waals surface area (Å²) < 4.78 is 33.8. The summed E-state index contributed by atoms with van der Waals surface area (Å²) in [5.74, 6) is 0.283. The van der Waals surface area contributed by atoms with Crippen LogP contribution in [-0.4, -0.2) is 27.7 Å². The van der Waals surface area contributed by atoms with Gasteiger partial charge in [-0.1, -0.05) is 6.07 Å². The minimum Gasteiger partial charge on any atom is -0.489 e. The summed E-state index contributed by atoms with van der Waals surface area (Å²) >= 11 is 0. The quantitative estimate of drug-likeness (QED) is 0.800. The molecule has 0 spiro atoms. The minimum atomic E-state index is -3.80. The molecule has 1 heterocycles. The summed E-state index contributed by atoms with van der Waals surface area (Å²) in [4.78, 5) is 0.0159. The molecule has 1 aromatic carbocycles. The maximum absolute atomic E-state index is 11.5. The lowest BCUT2D eigenvalue weighted by Gasteiger charge is -2.13. The zero-order valence-electron chi connectivity index (χ0n) is 10.1. The van der Waals surface area contributed by atoms with E-state index in [4.69, 9.17) is 20.2 Å². The van der Waals surface area contributed by atoms with Gasteiger partial charge in [0.2, 0.25) is 0 Å². The number of hydrogen-bond donors (Lipinski definition) is 0. The van der Waals surface area contributed by atoms with Crippen LogP contribution in [0, 0.1) is 6.92 Å². The van der Waals surface area contributed by atoms with E-state index < -0.39 is 9.05 Å². The first-order chi connectivity index (χ1) is 8.47. The summed E-state index contributed by atoms with van der Waals surface area (Å²) in [6, 6.07) is 4.92. The van der Waals surface area contributed by atoms with E-state index in [0.29, 0.717) is 6.61 Å². The van der Waals surface area contributed by atoms with Gasteiger partial charge in [0, 0.05) is 17.3 Å². The maximum Gasteiger partial charge on any atom is 0.264 e. The fourth-order valence-electron chi connectivity index (χ4n) is 1.88. The summed E-state index contributed by atoms with van der Waals surface area (Å²) in [7, 11) is 1.60. The first kappa shape index (κ1) is 13.6. The van der Waals surface area contributed by atoms with Crippen LogP contribution in [0.5, 0.6) is 5.75 Å². The highest BCUT2D eigenvalue weighted by molar-refractivity contribution is 8.13. The Bertz CT molecular complexity index is 521. The van der Waals surface area contributed by atoms with E-state index >= 15 is 0 Å². The van der Waals surface area contributed by atoms with Gasteiger partial charge >= 0.3 is 0 Å². The Balaban J connectivity index is 2.16. The molecule has 1 aliphatic rings. The molecule has 0 amide bonds. The molecule has 100 valence electrons. The third-order valence-corrected chi connectivity index (χ3v) is 4.15. The third kappa shape index (κ3) is 3.37. The Morgan fingerprint density at radius 3 is 2.89 bits per heavy atom. The van der Waals surface area contributed by atoms with Gasteiger partial charge in [-0.2, -0.15) is 0 Å². The largest absolute Gasteiger partial charge is 0.489 e. The lowest BCUT2D eigenvalue weighted by Crippen LogP contribution is -2.17. The molecule has 1 aliphatic heterocycles. The van der Waals surface area contributed by atoms with Crippen molar-refractivity contribution in [3.63, 3.8) is 0 Å². The lowest BCUT2D eigenvalue weighted by atomic mass is 10.2. The Kier molecular flexibility index (Phi) is 4.14. The van der Waals surface area contributed by atoms with E-state index in [-0.39, 0.29) is 16.7 Å². The summed E-state index contributed by atoms with van der Waals surface area (Å²) in [5, 5.41) is 0. The highest BCUT2D eigenvalue weighted by Gasteiger charge is 2.20. The first-order valence-corrected chi connectivity index (χ1v) is 8.07. The van der Waals surface area contributed by atoms with Crippen molar-refractivity contribution in [2.75, 3.05) is 13.2 Å². The lowest BCUT2D eigenvalue weighted by molar-refractivity contribution is 0.0669. The Morgan fingerprint density at radius 1 is 1.50 bits per heavy atom. The molecule has 1 aromatic rings. The highest BCUT2D eigenvalue weighted by atomic mass is 35.7. The molecule has 1 fully saturated rings. The molecule has 1 saturated heterocycles. The molecule has 0 saturated carbocycles. The molecule has 1 atom stereocenters. The second-order valence-electron chi connectivity index (χ2n) is 4.33. The molecule has 0 radical (unpaired) electrons. The van der Waals surface area contributed by atoms with Gasteiger partial charge < -0.3 is 9.47 Å². The van der Waals surface area contributed by atoms with Crippen LogP contribution in [-0.2, 0) is 13.8 Å². The zero-order valence-corrected chi connectivity index (χ0v) is 11.6. The monoisotopic (exact) mass is 290 g/mol. The van der Waals surface area contributed by atoms with E-state index in [1.165, 1.54) is 6.07 Å². The van der Waals surface area contributed by atoms with Crippen molar-refractivity contribution in [3.05, 3.63) is 23.8 Å². The predicted molar refractivity (Wildman–Crippen MR) is 68.7 cm³/mol. The smallest absolute Gasteiger partial charge is 0.264 e. The van der Waals surface area contributed by atoms with Crippen LogP contribution in [0.15, 0.2) is 23.1 Å². The minimum absolute atomic E-state index is 0.0159. The van der Waals surface area contributed by atoms with Crippen LogP contribution in [0.3, 0.4) is 0 Å². The van der Waals surface area contributed by atoms with Gasteiger partial charge in [0.05, 0.1) is 6.10 Å². The Labute approximate surface area is 111 Å². The van der Waals surface area contributed by atoms with Gasteiger partial charge in [-0.05, 0) is 37.5 Å². The Morgan fingerprint density at radius 2 is 2.28 bits per heavy atom. The normalized spacial score (nSPS) is 20.0. The van der Waals surface area contributed by atoms with Crippen LogP contribution in [0.4, 0.5) is 0 Å². The zero-order chi connectivity index (χ0) is 13.2. The molecule has 6 heteroatoms. The predicted octanol–water partition coefficient (Wildman–Crippen LogP) is 2.48. The molecule has 0 bridgehead atoms. The number of rotatable bonds is 4. The van der Waals surface area contributed by atoms with Crippen LogP contribution in [0.25, 0.3) is 0 Å². The summed E-state index contributed by atoms with van der Waals surface area (Å²) in [6.07, 6.45) is 1.99. The molecule has 4 nitrogen and oxygen atoms in total. The van der Waals surface area contributed by atoms with E-state index in [1.54, 1.807) is 19.1 Å². The van der Waals surface area contributed by atoms with E-state index in [2.05, 4.69) is 0 Å². The molecule has 0 aromatic heterocycles. The van der Waals surface area contributed by atoms with Crippen molar-refractivity contribution in [2.45, 2.75) is 30.8 Å².